The van der Waals surface area contributed by atoms with Crippen molar-refractivity contribution in [2.75, 3.05) is 7.05 Å². The molecular formula is C19H25NS. The quantitative estimate of drug-likeness (QED) is 0.869. The topological polar surface area (TPSA) is 12.0 Å². The first kappa shape index (κ1) is 14.8. The highest BCUT2D eigenvalue weighted by Crippen LogP contribution is 2.37. The average Bonchev–Trinajstić information content (AvgIpc) is 2.97. The molecule has 1 aromatic heterocycles. The minimum absolute atomic E-state index is 0.542. The molecule has 0 radical (unpaired) electrons. The van der Waals surface area contributed by atoms with E-state index in [0.29, 0.717) is 12.0 Å². The summed E-state index contributed by atoms with van der Waals surface area (Å²) < 4.78 is 0. The SMILES string of the molecule is CNC(Cc1ccc(C)c(C)c1)C1CCCc2sccc21. The summed E-state index contributed by atoms with van der Waals surface area (Å²) in [6, 6.07) is 9.81. The van der Waals surface area contributed by atoms with Gasteiger partial charge in [0.15, 0.2) is 0 Å². The number of hydrogen-bond donors (Lipinski definition) is 1. The van der Waals surface area contributed by atoms with Gasteiger partial charge in [0.1, 0.15) is 0 Å². The third-order valence-corrected chi connectivity index (χ3v) is 5.98. The lowest BCUT2D eigenvalue weighted by atomic mass is 9.80. The highest BCUT2D eigenvalue weighted by molar-refractivity contribution is 7.10. The largest absolute Gasteiger partial charge is 0.316 e. The van der Waals surface area contributed by atoms with E-state index in [1.807, 2.05) is 11.3 Å². The molecule has 0 spiro atoms. The van der Waals surface area contributed by atoms with E-state index < -0.39 is 0 Å². The summed E-state index contributed by atoms with van der Waals surface area (Å²) in [5.41, 5.74) is 5.86. The van der Waals surface area contributed by atoms with Crippen LogP contribution < -0.4 is 5.32 Å². The Morgan fingerprint density at radius 1 is 1.24 bits per heavy atom. The lowest BCUT2D eigenvalue weighted by Gasteiger charge is -2.31. The molecule has 0 fully saturated rings. The Morgan fingerprint density at radius 2 is 2.10 bits per heavy atom. The number of rotatable bonds is 4. The lowest BCUT2D eigenvalue weighted by molar-refractivity contribution is 0.414. The Bertz CT molecular complexity index is 614. The zero-order valence-corrected chi connectivity index (χ0v) is 14.1. The van der Waals surface area contributed by atoms with E-state index in [-0.39, 0.29) is 0 Å². The first-order valence-electron chi connectivity index (χ1n) is 7.98. The van der Waals surface area contributed by atoms with Crippen LogP contribution in [0.25, 0.3) is 0 Å². The first-order valence-corrected chi connectivity index (χ1v) is 8.86. The maximum Gasteiger partial charge on any atom is 0.0174 e. The Morgan fingerprint density at radius 3 is 2.86 bits per heavy atom. The Kier molecular flexibility index (Phi) is 4.46. The Labute approximate surface area is 132 Å². The van der Waals surface area contributed by atoms with Gasteiger partial charge in [0.25, 0.3) is 0 Å². The molecule has 1 aliphatic carbocycles. The smallest absolute Gasteiger partial charge is 0.0174 e. The van der Waals surface area contributed by atoms with Crippen molar-refractivity contribution in [3.8, 4) is 0 Å². The number of hydrogen-bond acceptors (Lipinski definition) is 2. The van der Waals surface area contributed by atoms with Crippen LogP contribution in [-0.4, -0.2) is 13.1 Å². The molecule has 1 aliphatic rings. The van der Waals surface area contributed by atoms with Crippen molar-refractivity contribution in [1.82, 2.24) is 5.32 Å². The third kappa shape index (κ3) is 3.07. The molecule has 2 heteroatoms. The van der Waals surface area contributed by atoms with Crippen molar-refractivity contribution in [1.29, 1.82) is 0 Å². The zero-order chi connectivity index (χ0) is 14.8. The maximum absolute atomic E-state index is 3.59. The molecule has 0 saturated heterocycles. The predicted molar refractivity (Wildman–Crippen MR) is 92.5 cm³/mol. The van der Waals surface area contributed by atoms with Crippen molar-refractivity contribution >= 4 is 11.3 Å². The van der Waals surface area contributed by atoms with E-state index in [1.54, 1.807) is 10.4 Å². The molecule has 2 unspecified atom stereocenters. The molecule has 21 heavy (non-hydrogen) atoms. The van der Waals surface area contributed by atoms with Crippen LogP contribution in [-0.2, 0) is 12.8 Å². The molecule has 1 heterocycles. The molecule has 1 N–H and O–H groups in total. The van der Waals surface area contributed by atoms with E-state index in [4.69, 9.17) is 0 Å². The Balaban J connectivity index is 1.81. The van der Waals surface area contributed by atoms with Crippen molar-refractivity contribution in [2.45, 2.75) is 51.5 Å². The van der Waals surface area contributed by atoms with Gasteiger partial charge in [-0.15, -0.1) is 11.3 Å². The van der Waals surface area contributed by atoms with Crippen LogP contribution in [0.3, 0.4) is 0 Å². The van der Waals surface area contributed by atoms with E-state index >= 15 is 0 Å². The van der Waals surface area contributed by atoms with E-state index in [1.165, 1.54) is 36.0 Å². The monoisotopic (exact) mass is 299 g/mol. The van der Waals surface area contributed by atoms with E-state index in [0.717, 1.165) is 6.42 Å². The van der Waals surface area contributed by atoms with Crippen molar-refractivity contribution in [3.05, 3.63) is 56.8 Å². The normalized spacial score (nSPS) is 19.3. The highest BCUT2D eigenvalue weighted by Gasteiger charge is 2.27. The summed E-state index contributed by atoms with van der Waals surface area (Å²) >= 11 is 1.94. The van der Waals surface area contributed by atoms with Crippen LogP contribution in [0.1, 0.15) is 45.9 Å². The Hall–Kier alpha value is -1.12. The number of nitrogens with one attached hydrogen (secondary N) is 1. The summed E-state index contributed by atoms with van der Waals surface area (Å²) in [6.45, 7) is 4.40. The zero-order valence-electron chi connectivity index (χ0n) is 13.3. The summed E-state index contributed by atoms with van der Waals surface area (Å²) in [6.07, 6.45) is 5.06. The van der Waals surface area contributed by atoms with Crippen LogP contribution in [0.15, 0.2) is 29.6 Å². The number of fused-ring (bicyclic) bond motifs is 1. The summed E-state index contributed by atoms with van der Waals surface area (Å²) in [4.78, 5) is 1.62. The summed E-state index contributed by atoms with van der Waals surface area (Å²) in [7, 11) is 2.12. The van der Waals surface area contributed by atoms with Gasteiger partial charge in [-0.05, 0) is 80.3 Å². The number of likely N-dealkylation sites (N-methyl/N-ethyl adjacent to an activating group) is 1. The van der Waals surface area contributed by atoms with Crippen LogP contribution in [0, 0.1) is 13.8 Å². The summed E-state index contributed by atoms with van der Waals surface area (Å²) in [5, 5.41) is 5.86. The molecule has 1 aromatic carbocycles. The number of benzene rings is 1. The van der Waals surface area contributed by atoms with Gasteiger partial charge in [-0.3, -0.25) is 0 Å². The third-order valence-electron chi connectivity index (χ3n) is 4.98. The first-order chi connectivity index (χ1) is 10.2. The van der Waals surface area contributed by atoms with E-state index in [9.17, 15) is 0 Å². The second kappa shape index (κ2) is 6.33. The molecule has 0 bridgehead atoms. The van der Waals surface area contributed by atoms with Gasteiger partial charge in [0.2, 0.25) is 0 Å². The molecule has 0 aliphatic heterocycles. The standard InChI is InChI=1S/C19H25NS/c1-13-7-8-15(11-14(13)2)12-18(20-3)16-5-4-6-19-17(16)9-10-21-19/h7-11,16,18,20H,4-6,12H2,1-3H3. The van der Waals surface area contributed by atoms with Crippen LogP contribution >= 0.6 is 11.3 Å². The molecule has 2 aromatic rings. The van der Waals surface area contributed by atoms with E-state index in [2.05, 4.69) is 55.9 Å². The fraction of sp³-hybridized carbons (Fsp3) is 0.474. The van der Waals surface area contributed by atoms with Crippen LogP contribution in [0.4, 0.5) is 0 Å². The second-order valence-corrected chi connectivity index (χ2v) is 7.32. The van der Waals surface area contributed by atoms with Gasteiger partial charge in [-0.1, -0.05) is 18.2 Å². The highest BCUT2D eigenvalue weighted by atomic mass is 32.1. The van der Waals surface area contributed by atoms with Gasteiger partial charge in [0, 0.05) is 16.8 Å². The molecule has 2 atom stereocenters. The maximum atomic E-state index is 3.59. The molecule has 0 saturated carbocycles. The van der Waals surface area contributed by atoms with Crippen molar-refractivity contribution in [3.63, 3.8) is 0 Å². The molecule has 112 valence electrons. The number of aryl methyl sites for hydroxylation is 3. The van der Waals surface area contributed by atoms with Crippen LogP contribution in [0.5, 0.6) is 0 Å². The fourth-order valence-corrected chi connectivity index (χ4v) is 4.57. The minimum Gasteiger partial charge on any atom is -0.316 e. The van der Waals surface area contributed by atoms with Crippen molar-refractivity contribution < 1.29 is 0 Å². The van der Waals surface area contributed by atoms with Gasteiger partial charge >= 0.3 is 0 Å². The lowest BCUT2D eigenvalue weighted by Crippen LogP contribution is -2.35. The van der Waals surface area contributed by atoms with Crippen molar-refractivity contribution in [2.24, 2.45) is 0 Å². The summed E-state index contributed by atoms with van der Waals surface area (Å²) in [5.74, 6) is 0.673. The minimum atomic E-state index is 0.542. The average molecular weight is 299 g/mol. The molecule has 3 rings (SSSR count). The van der Waals surface area contributed by atoms with Gasteiger partial charge in [0.05, 0.1) is 0 Å². The molecular weight excluding hydrogens is 274 g/mol. The molecule has 1 nitrogen and oxygen atoms in total. The van der Waals surface area contributed by atoms with Gasteiger partial charge < -0.3 is 5.32 Å². The van der Waals surface area contributed by atoms with Gasteiger partial charge in [-0.25, -0.2) is 0 Å². The van der Waals surface area contributed by atoms with Crippen LogP contribution in [0.2, 0.25) is 0 Å². The van der Waals surface area contributed by atoms with Gasteiger partial charge in [-0.2, -0.15) is 0 Å². The molecule has 0 amide bonds. The predicted octanol–water partition coefficient (Wildman–Crippen LogP) is 4.62. The second-order valence-electron chi connectivity index (χ2n) is 6.32. The number of thiophene rings is 1. The fourth-order valence-electron chi connectivity index (χ4n) is 3.57.